The molecule has 1 aliphatic rings. The molecule has 1 heterocycles. The highest BCUT2D eigenvalue weighted by Gasteiger charge is 2.12. The van der Waals surface area contributed by atoms with Crippen LogP contribution >= 0.6 is 0 Å². The Bertz CT molecular complexity index is 95.3. The minimum Gasteiger partial charge on any atom is -0.380 e. The average Bonchev–Trinajstić information content (AvgIpc) is 2.13. The fourth-order valence-corrected chi connectivity index (χ4v) is 1.27. The van der Waals surface area contributed by atoms with Crippen LogP contribution in [0.25, 0.3) is 0 Å². The van der Waals surface area contributed by atoms with Gasteiger partial charge in [0.25, 0.3) is 0 Å². The lowest BCUT2D eigenvalue weighted by Gasteiger charge is -2.18. The van der Waals surface area contributed by atoms with Crippen LogP contribution in [0.3, 0.4) is 0 Å². The summed E-state index contributed by atoms with van der Waals surface area (Å²) in [4.78, 5) is 2.33. The van der Waals surface area contributed by atoms with Crippen LogP contribution in [-0.4, -0.2) is 37.7 Å². The molecule has 1 radical (unpaired) electrons. The zero-order chi connectivity index (χ0) is 7.40. The maximum absolute atomic E-state index is 5.37. The summed E-state index contributed by atoms with van der Waals surface area (Å²) in [5.74, 6) is 0.671. The molecule has 1 rings (SSSR count). The maximum Gasteiger partial charge on any atom is 0.0593 e. The lowest BCUT2D eigenvalue weighted by molar-refractivity contribution is 0.126. The number of rotatable bonds is 1. The van der Waals surface area contributed by atoms with E-state index in [0.717, 1.165) is 32.8 Å². The quantitative estimate of drug-likeness (QED) is 0.536. The fourth-order valence-electron chi connectivity index (χ4n) is 1.27. The van der Waals surface area contributed by atoms with E-state index < -0.39 is 0 Å². The first-order valence-electron chi connectivity index (χ1n) is 3.92. The third-order valence-corrected chi connectivity index (χ3v) is 1.84. The normalized spacial score (nSPS) is 30.0. The number of hydrogen-bond acceptors (Lipinski definition) is 2. The Labute approximate surface area is 63.2 Å². The molecule has 1 unspecified atom stereocenters. The smallest absolute Gasteiger partial charge is 0.0593 e. The van der Waals surface area contributed by atoms with Gasteiger partial charge in [-0.2, -0.15) is 0 Å². The molecule has 1 fully saturated rings. The third kappa shape index (κ3) is 2.27. The molecule has 0 spiro atoms. The topological polar surface area (TPSA) is 12.5 Å². The summed E-state index contributed by atoms with van der Waals surface area (Å²) in [6.07, 6.45) is 0. The van der Waals surface area contributed by atoms with Gasteiger partial charge in [-0.15, -0.1) is 0 Å². The first-order valence-corrected chi connectivity index (χ1v) is 3.92. The van der Waals surface area contributed by atoms with E-state index in [-0.39, 0.29) is 0 Å². The van der Waals surface area contributed by atoms with Crippen LogP contribution < -0.4 is 0 Å². The van der Waals surface area contributed by atoms with Crippen molar-refractivity contribution in [3.05, 3.63) is 6.92 Å². The first kappa shape index (κ1) is 8.02. The summed E-state index contributed by atoms with van der Waals surface area (Å²) < 4.78 is 5.37. The molecule has 0 aromatic heterocycles. The molecule has 1 saturated heterocycles. The summed E-state index contributed by atoms with van der Waals surface area (Å²) >= 11 is 0. The van der Waals surface area contributed by atoms with Crippen molar-refractivity contribution in [2.75, 3.05) is 32.8 Å². The second kappa shape index (κ2) is 3.94. The van der Waals surface area contributed by atoms with Gasteiger partial charge < -0.3 is 9.64 Å². The van der Waals surface area contributed by atoms with E-state index in [1.807, 2.05) is 0 Å². The minimum absolute atomic E-state index is 0.671. The van der Waals surface area contributed by atoms with Crippen molar-refractivity contribution in [2.24, 2.45) is 5.92 Å². The number of ether oxygens (including phenoxy) is 1. The van der Waals surface area contributed by atoms with Crippen molar-refractivity contribution < 1.29 is 4.74 Å². The van der Waals surface area contributed by atoms with Crippen molar-refractivity contribution in [1.29, 1.82) is 0 Å². The molecule has 0 bridgehead atoms. The van der Waals surface area contributed by atoms with E-state index in [0.29, 0.717) is 5.92 Å². The van der Waals surface area contributed by atoms with Crippen LogP contribution in [0, 0.1) is 12.8 Å². The second-order valence-corrected chi connectivity index (χ2v) is 2.98. The molecule has 0 saturated carbocycles. The van der Waals surface area contributed by atoms with Gasteiger partial charge in [-0.1, -0.05) is 6.92 Å². The molecule has 0 aromatic rings. The Morgan fingerprint density at radius 2 is 2.50 bits per heavy atom. The predicted molar refractivity (Wildman–Crippen MR) is 41.8 cm³/mol. The highest BCUT2D eigenvalue weighted by molar-refractivity contribution is 4.66. The van der Waals surface area contributed by atoms with Crippen molar-refractivity contribution >= 4 is 0 Å². The van der Waals surface area contributed by atoms with E-state index in [1.165, 1.54) is 0 Å². The van der Waals surface area contributed by atoms with Gasteiger partial charge >= 0.3 is 0 Å². The monoisotopic (exact) mass is 142 g/mol. The van der Waals surface area contributed by atoms with Crippen LogP contribution in [0.4, 0.5) is 0 Å². The van der Waals surface area contributed by atoms with E-state index in [9.17, 15) is 0 Å². The van der Waals surface area contributed by atoms with Gasteiger partial charge in [-0.05, 0) is 19.4 Å². The average molecular weight is 142 g/mol. The standard InChI is InChI=1S/C8H16NO/c1-3-9-4-5-10-7-8(2)6-9/h8H,1,3-7H2,2H3. The summed E-state index contributed by atoms with van der Waals surface area (Å²) in [6.45, 7) is 11.0. The zero-order valence-electron chi connectivity index (χ0n) is 6.68. The molecule has 1 atom stereocenters. The molecular weight excluding hydrogens is 126 g/mol. The van der Waals surface area contributed by atoms with E-state index in [4.69, 9.17) is 4.74 Å². The zero-order valence-corrected chi connectivity index (χ0v) is 6.68. The summed E-state index contributed by atoms with van der Waals surface area (Å²) in [5.41, 5.74) is 0. The van der Waals surface area contributed by atoms with Gasteiger partial charge in [0.1, 0.15) is 0 Å². The highest BCUT2D eigenvalue weighted by atomic mass is 16.5. The Kier molecular flexibility index (Phi) is 3.16. The number of nitrogens with zero attached hydrogens (tertiary/aromatic N) is 1. The minimum atomic E-state index is 0.671. The molecule has 10 heavy (non-hydrogen) atoms. The molecule has 2 nitrogen and oxygen atoms in total. The van der Waals surface area contributed by atoms with Crippen molar-refractivity contribution in [1.82, 2.24) is 4.90 Å². The maximum atomic E-state index is 5.37. The Balaban J connectivity index is 2.30. The van der Waals surface area contributed by atoms with E-state index in [2.05, 4.69) is 18.7 Å². The Morgan fingerprint density at radius 3 is 3.20 bits per heavy atom. The van der Waals surface area contributed by atoms with Gasteiger partial charge in [-0.25, -0.2) is 0 Å². The molecule has 2 heteroatoms. The highest BCUT2D eigenvalue weighted by Crippen LogP contribution is 2.04. The SMILES string of the molecule is [CH2]CN1CCOCC(C)C1. The fraction of sp³-hybridized carbons (Fsp3) is 0.875. The summed E-state index contributed by atoms with van der Waals surface area (Å²) in [6, 6.07) is 0. The summed E-state index contributed by atoms with van der Waals surface area (Å²) in [5, 5.41) is 0. The van der Waals surface area contributed by atoms with Crippen LogP contribution in [0.5, 0.6) is 0 Å². The van der Waals surface area contributed by atoms with Gasteiger partial charge in [-0.3, -0.25) is 0 Å². The molecule has 1 aliphatic heterocycles. The lowest BCUT2D eigenvalue weighted by Crippen LogP contribution is -2.28. The molecular formula is C8H16NO. The van der Waals surface area contributed by atoms with Crippen LogP contribution in [0.1, 0.15) is 6.92 Å². The third-order valence-electron chi connectivity index (χ3n) is 1.84. The Hall–Kier alpha value is -0.0800. The van der Waals surface area contributed by atoms with Gasteiger partial charge in [0.15, 0.2) is 0 Å². The second-order valence-electron chi connectivity index (χ2n) is 2.98. The first-order chi connectivity index (χ1) is 4.83. The van der Waals surface area contributed by atoms with Gasteiger partial charge in [0.05, 0.1) is 13.2 Å². The summed E-state index contributed by atoms with van der Waals surface area (Å²) in [7, 11) is 0. The van der Waals surface area contributed by atoms with Crippen molar-refractivity contribution in [2.45, 2.75) is 6.92 Å². The van der Waals surface area contributed by atoms with E-state index in [1.54, 1.807) is 0 Å². The van der Waals surface area contributed by atoms with Crippen LogP contribution in [0.2, 0.25) is 0 Å². The van der Waals surface area contributed by atoms with Gasteiger partial charge in [0, 0.05) is 13.1 Å². The van der Waals surface area contributed by atoms with Crippen LogP contribution in [0.15, 0.2) is 0 Å². The van der Waals surface area contributed by atoms with E-state index >= 15 is 0 Å². The number of hydrogen-bond donors (Lipinski definition) is 0. The van der Waals surface area contributed by atoms with Crippen molar-refractivity contribution in [3.8, 4) is 0 Å². The van der Waals surface area contributed by atoms with Crippen molar-refractivity contribution in [3.63, 3.8) is 0 Å². The molecule has 0 N–H and O–H groups in total. The Morgan fingerprint density at radius 1 is 1.70 bits per heavy atom. The largest absolute Gasteiger partial charge is 0.380 e. The van der Waals surface area contributed by atoms with Crippen LogP contribution in [-0.2, 0) is 4.74 Å². The molecule has 0 aromatic carbocycles. The predicted octanol–water partition coefficient (Wildman–Crippen LogP) is 0.789. The molecule has 59 valence electrons. The molecule has 0 amide bonds. The molecule has 0 aliphatic carbocycles. The lowest BCUT2D eigenvalue weighted by atomic mass is 10.2. The van der Waals surface area contributed by atoms with Gasteiger partial charge in [0.2, 0.25) is 0 Å².